The summed E-state index contributed by atoms with van der Waals surface area (Å²) >= 11 is 0. The van der Waals surface area contributed by atoms with Crippen molar-refractivity contribution in [1.82, 2.24) is 4.98 Å². The van der Waals surface area contributed by atoms with Gasteiger partial charge in [0, 0.05) is 29.4 Å². The number of likely N-dealkylation sites (tertiary alicyclic amines) is 1. The number of nitrogens with one attached hydrogen (secondary N) is 1. The van der Waals surface area contributed by atoms with E-state index >= 15 is 0 Å². The molecule has 2 aromatic rings. The summed E-state index contributed by atoms with van der Waals surface area (Å²) in [5.74, 6) is 0.458. The maximum atomic E-state index is 12.7. The lowest BCUT2D eigenvalue weighted by molar-refractivity contribution is -0.942. The summed E-state index contributed by atoms with van der Waals surface area (Å²) < 4.78 is 6.53. The lowest BCUT2D eigenvalue weighted by Crippen LogP contribution is -3.00. The number of H-pyrrole nitrogens is 1. The van der Waals surface area contributed by atoms with Crippen LogP contribution in [0.3, 0.4) is 0 Å². The number of hydrogen-bond acceptors (Lipinski definition) is 2. The number of fused-ring (bicyclic) bond motifs is 2. The van der Waals surface area contributed by atoms with Gasteiger partial charge >= 0.3 is 5.97 Å². The second-order valence-corrected chi connectivity index (χ2v) is 8.45. The summed E-state index contributed by atoms with van der Waals surface area (Å²) in [4.78, 5) is 16.2. The van der Waals surface area contributed by atoms with Crippen LogP contribution in [0, 0.1) is 5.92 Å². The first-order valence-electron chi connectivity index (χ1n) is 10.2. The van der Waals surface area contributed by atoms with Gasteiger partial charge in [-0.3, -0.25) is 4.79 Å². The molecule has 4 nitrogen and oxygen atoms in total. The summed E-state index contributed by atoms with van der Waals surface area (Å²) in [6.07, 6.45) is 6.25. The average Bonchev–Trinajstić information content (AvgIpc) is 3.05. The van der Waals surface area contributed by atoms with Crippen LogP contribution in [0.25, 0.3) is 10.9 Å². The molecule has 2 aliphatic rings. The minimum atomic E-state index is 0. The Hall–Kier alpha value is -1.08. The van der Waals surface area contributed by atoms with Gasteiger partial charge in [-0.25, -0.2) is 0 Å². The van der Waals surface area contributed by atoms with Gasteiger partial charge in [-0.05, 0) is 36.5 Å². The van der Waals surface area contributed by atoms with Crippen LogP contribution in [-0.4, -0.2) is 48.2 Å². The molecule has 2 unspecified atom stereocenters. The molecular formula is C22H31IN2O2. The molecule has 0 bridgehead atoms. The Labute approximate surface area is 179 Å². The van der Waals surface area contributed by atoms with Crippen molar-refractivity contribution < 1.29 is 38.0 Å². The molecule has 4 rings (SSSR count). The number of halogens is 1. The second-order valence-electron chi connectivity index (χ2n) is 8.45. The van der Waals surface area contributed by atoms with Gasteiger partial charge in [-0.15, -0.1) is 0 Å². The van der Waals surface area contributed by atoms with Crippen LogP contribution in [0.1, 0.15) is 50.2 Å². The molecule has 0 radical (unpaired) electrons. The van der Waals surface area contributed by atoms with Crippen molar-refractivity contribution >= 4 is 16.9 Å². The van der Waals surface area contributed by atoms with E-state index in [0.717, 1.165) is 43.3 Å². The van der Waals surface area contributed by atoms with Crippen LogP contribution >= 0.6 is 0 Å². The summed E-state index contributed by atoms with van der Waals surface area (Å²) in [5, 5.41) is 1.40. The zero-order valence-electron chi connectivity index (χ0n) is 16.6. The summed E-state index contributed by atoms with van der Waals surface area (Å²) in [5.41, 5.74) is 4.11. The highest BCUT2D eigenvalue weighted by Crippen LogP contribution is 2.47. The van der Waals surface area contributed by atoms with Gasteiger partial charge in [0.05, 0.1) is 32.8 Å². The maximum absolute atomic E-state index is 12.7. The van der Waals surface area contributed by atoms with E-state index in [2.05, 4.69) is 50.3 Å². The fraction of sp³-hybridized carbons (Fsp3) is 0.591. The summed E-state index contributed by atoms with van der Waals surface area (Å²) in [6, 6.07) is 7.16. The van der Waals surface area contributed by atoms with Crippen molar-refractivity contribution in [2.24, 2.45) is 5.92 Å². The van der Waals surface area contributed by atoms with Crippen molar-refractivity contribution in [3.05, 3.63) is 35.5 Å². The lowest BCUT2D eigenvalue weighted by Gasteiger charge is -2.52. The molecule has 1 fully saturated rings. The first-order chi connectivity index (χ1) is 12.6. The Morgan fingerprint density at radius 2 is 2.11 bits per heavy atom. The zero-order chi connectivity index (χ0) is 18.3. The van der Waals surface area contributed by atoms with Crippen LogP contribution in [0.2, 0.25) is 0 Å². The van der Waals surface area contributed by atoms with E-state index in [1.165, 1.54) is 22.0 Å². The molecular weight excluding hydrogens is 451 g/mol. The van der Waals surface area contributed by atoms with E-state index in [-0.39, 0.29) is 35.9 Å². The highest BCUT2D eigenvalue weighted by Gasteiger charge is 2.50. The van der Waals surface area contributed by atoms with E-state index in [4.69, 9.17) is 4.74 Å². The SMILES string of the molecule is CCCOC(=O)[C@@H]1CC2c3cccc4[nH]cc(c34)C[C@H]2[N+](C)(CCC)C1.[I-]. The number of aromatic nitrogens is 1. The number of hydrogen-bond donors (Lipinski definition) is 1. The van der Waals surface area contributed by atoms with Crippen molar-refractivity contribution in [3.63, 3.8) is 0 Å². The van der Waals surface area contributed by atoms with Gasteiger partial charge in [0.15, 0.2) is 0 Å². The lowest BCUT2D eigenvalue weighted by atomic mass is 9.71. The molecule has 1 aromatic carbocycles. The monoisotopic (exact) mass is 482 g/mol. The minimum Gasteiger partial charge on any atom is -1.00 e. The smallest absolute Gasteiger partial charge is 0.314 e. The molecule has 1 aliphatic carbocycles. The largest absolute Gasteiger partial charge is 1.00 e. The molecule has 148 valence electrons. The molecule has 1 aliphatic heterocycles. The Morgan fingerprint density at radius 1 is 1.30 bits per heavy atom. The molecule has 0 spiro atoms. The second kappa shape index (κ2) is 8.11. The molecule has 4 atom stereocenters. The van der Waals surface area contributed by atoms with Gasteiger partial charge < -0.3 is 38.2 Å². The third kappa shape index (κ3) is 3.53. The van der Waals surface area contributed by atoms with Crippen molar-refractivity contribution in [2.45, 2.75) is 51.5 Å². The number of quaternary nitrogens is 1. The Kier molecular flexibility index (Phi) is 6.21. The van der Waals surface area contributed by atoms with Crippen molar-refractivity contribution in [1.29, 1.82) is 0 Å². The fourth-order valence-corrected chi connectivity index (χ4v) is 5.55. The third-order valence-electron chi connectivity index (χ3n) is 6.61. The Bertz CT molecular complexity index is 818. The van der Waals surface area contributed by atoms with E-state index in [0.29, 0.717) is 18.6 Å². The zero-order valence-corrected chi connectivity index (χ0v) is 18.8. The number of carbonyl (C=O) groups excluding carboxylic acids is 1. The van der Waals surface area contributed by atoms with Gasteiger partial charge in [0.1, 0.15) is 5.92 Å². The number of benzene rings is 1. The number of esters is 1. The topological polar surface area (TPSA) is 42.1 Å². The fourth-order valence-electron chi connectivity index (χ4n) is 5.55. The molecule has 2 heterocycles. The molecule has 1 saturated heterocycles. The molecule has 5 heteroatoms. The quantitative estimate of drug-likeness (QED) is 0.393. The van der Waals surface area contributed by atoms with Crippen LogP contribution in [0.15, 0.2) is 24.4 Å². The summed E-state index contributed by atoms with van der Waals surface area (Å²) in [6.45, 7) is 6.87. The van der Waals surface area contributed by atoms with E-state index in [1.54, 1.807) is 0 Å². The van der Waals surface area contributed by atoms with Gasteiger partial charge in [-0.2, -0.15) is 0 Å². The van der Waals surface area contributed by atoms with E-state index in [1.807, 2.05) is 0 Å². The predicted molar refractivity (Wildman–Crippen MR) is 104 cm³/mol. The Morgan fingerprint density at radius 3 is 2.85 bits per heavy atom. The summed E-state index contributed by atoms with van der Waals surface area (Å²) in [7, 11) is 2.36. The number of carbonyl (C=O) groups is 1. The van der Waals surface area contributed by atoms with Gasteiger partial charge in [0.2, 0.25) is 0 Å². The van der Waals surface area contributed by atoms with Crippen molar-refractivity contribution in [2.75, 3.05) is 26.7 Å². The van der Waals surface area contributed by atoms with Crippen LogP contribution in [0.5, 0.6) is 0 Å². The first kappa shape index (κ1) is 20.6. The normalized spacial score (nSPS) is 29.1. The van der Waals surface area contributed by atoms with E-state index < -0.39 is 0 Å². The first-order valence-corrected chi connectivity index (χ1v) is 10.2. The van der Waals surface area contributed by atoms with Gasteiger partial charge in [-0.1, -0.05) is 26.0 Å². The van der Waals surface area contributed by atoms with Crippen LogP contribution in [0.4, 0.5) is 0 Å². The van der Waals surface area contributed by atoms with Crippen molar-refractivity contribution in [3.8, 4) is 0 Å². The standard InChI is InChI=1S/C22H31N2O2.HI/c1-4-9-24(3)14-16(22(25)26-10-5-2)11-18-17-7-6-8-19-21(17)15(13-23-19)12-20(18)24;/h6-8,13,16,18,20,23H,4-5,9-12,14H2,1-3H3;1H/q+1;/p-1/t16-,18?,20-,24?;/m1./s1. The molecule has 27 heavy (non-hydrogen) atoms. The minimum absolute atomic E-state index is 0. The maximum Gasteiger partial charge on any atom is 0.314 e. The van der Waals surface area contributed by atoms with Gasteiger partial charge in [0.25, 0.3) is 0 Å². The molecule has 1 aromatic heterocycles. The van der Waals surface area contributed by atoms with Crippen LogP contribution < -0.4 is 24.0 Å². The number of rotatable bonds is 5. The van der Waals surface area contributed by atoms with E-state index in [9.17, 15) is 4.79 Å². The average molecular weight is 482 g/mol. The third-order valence-corrected chi connectivity index (χ3v) is 6.61. The number of ether oxygens (including phenoxy) is 1. The number of piperidine rings is 1. The van der Waals surface area contributed by atoms with Crippen LogP contribution in [-0.2, 0) is 16.0 Å². The number of likely N-dealkylation sites (N-methyl/N-ethyl adjacent to an activating group) is 1. The number of nitrogens with zero attached hydrogens (tertiary/aromatic N) is 1. The highest BCUT2D eigenvalue weighted by molar-refractivity contribution is 5.88. The molecule has 0 saturated carbocycles. The highest BCUT2D eigenvalue weighted by atomic mass is 127. The molecule has 0 amide bonds. The predicted octanol–water partition coefficient (Wildman–Crippen LogP) is 1.01. The molecule has 1 N–H and O–H groups in total. The Balaban J connectivity index is 0.00000210. The number of aromatic amines is 1.